The maximum Gasteiger partial charge on any atom is -1.00 e. The monoisotopic (exact) mass is 932 g/mol. The van der Waals surface area contributed by atoms with Crippen LogP contribution in [0, 0.1) is 10.8 Å². The molecule has 0 N–H and O–H groups in total. The fourth-order valence-corrected chi connectivity index (χ4v) is 10.2. The third-order valence-corrected chi connectivity index (χ3v) is 13.1. The summed E-state index contributed by atoms with van der Waals surface area (Å²) in [4.78, 5) is 0. The molecule has 0 aromatic heterocycles. The van der Waals surface area contributed by atoms with Gasteiger partial charge in [0.2, 0.25) is 0 Å². The van der Waals surface area contributed by atoms with E-state index in [0.717, 1.165) is 0 Å². The van der Waals surface area contributed by atoms with Crippen molar-refractivity contribution in [3.05, 3.63) is 131 Å². The Balaban J connectivity index is 0.000000236. The molecule has 0 amide bonds. The van der Waals surface area contributed by atoms with Crippen molar-refractivity contribution in [1.29, 1.82) is 0 Å². The van der Waals surface area contributed by atoms with E-state index in [1.807, 2.05) is 0 Å². The van der Waals surface area contributed by atoms with Crippen molar-refractivity contribution in [1.82, 2.24) is 0 Å². The average Bonchev–Trinajstić information content (AvgIpc) is 3.77. The molecular formula is C56H72Cl2SiZr-2. The summed E-state index contributed by atoms with van der Waals surface area (Å²) >= 11 is 1.74. The molecule has 0 unspecified atom stereocenters. The van der Waals surface area contributed by atoms with E-state index in [2.05, 4.69) is 178 Å². The van der Waals surface area contributed by atoms with Gasteiger partial charge in [0.05, 0.1) is 0 Å². The largest absolute Gasteiger partial charge is 1.00 e. The van der Waals surface area contributed by atoms with Crippen LogP contribution >= 0.6 is 0 Å². The third kappa shape index (κ3) is 12.9. The van der Waals surface area contributed by atoms with Crippen LogP contribution in [0.5, 0.6) is 0 Å². The smallest absolute Gasteiger partial charge is 1.00 e. The van der Waals surface area contributed by atoms with Crippen molar-refractivity contribution >= 4 is 27.0 Å². The summed E-state index contributed by atoms with van der Waals surface area (Å²) in [5, 5.41) is 5.63. The summed E-state index contributed by atoms with van der Waals surface area (Å²) in [5.74, 6) is 0. The molecule has 320 valence electrons. The maximum absolute atomic E-state index is 2.50. The molecule has 6 aromatic carbocycles. The van der Waals surface area contributed by atoms with Gasteiger partial charge in [0, 0.05) is 0 Å². The zero-order valence-electron chi connectivity index (χ0n) is 38.6. The topological polar surface area (TPSA) is 0 Å². The van der Waals surface area contributed by atoms with Gasteiger partial charge in [-0.25, -0.2) is 0 Å². The number of hydrogen-bond donors (Lipinski definition) is 0. The molecule has 0 saturated heterocycles. The molecular weight excluding hydrogens is 863 g/mol. The molecule has 0 radical (unpaired) electrons. The Bertz CT molecular complexity index is 2130. The summed E-state index contributed by atoms with van der Waals surface area (Å²) in [7, 11) is 0. The van der Waals surface area contributed by atoms with E-state index in [9.17, 15) is 0 Å². The molecule has 4 heteroatoms. The Kier molecular flexibility index (Phi) is 18.0. The van der Waals surface area contributed by atoms with E-state index in [0.29, 0.717) is 10.8 Å². The van der Waals surface area contributed by atoms with Crippen LogP contribution in [0.15, 0.2) is 109 Å². The minimum Gasteiger partial charge on any atom is -1.00 e. The van der Waals surface area contributed by atoms with Crippen molar-refractivity contribution in [2.75, 3.05) is 0 Å². The summed E-state index contributed by atoms with van der Waals surface area (Å²) < 4.78 is 0. The van der Waals surface area contributed by atoms with Crippen molar-refractivity contribution < 1.29 is 48.1 Å². The Hall–Kier alpha value is -2.22. The van der Waals surface area contributed by atoms with Gasteiger partial charge in [-0.15, -0.1) is 69.1 Å². The first-order valence-electron chi connectivity index (χ1n) is 22.5. The Labute approximate surface area is 393 Å². The first-order valence-corrected chi connectivity index (χ1v) is 28.7. The molecule has 6 aromatic rings. The molecule has 0 nitrogen and oxygen atoms in total. The number of fused-ring (bicyclic) bond motifs is 2. The van der Waals surface area contributed by atoms with E-state index >= 15 is 0 Å². The fourth-order valence-electron chi connectivity index (χ4n) is 10.2. The van der Waals surface area contributed by atoms with Crippen LogP contribution in [0.4, 0.5) is 0 Å². The second-order valence-electron chi connectivity index (χ2n) is 21.0. The Morgan fingerprint density at radius 2 is 0.817 bits per heavy atom. The molecule has 0 bridgehead atoms. The van der Waals surface area contributed by atoms with Crippen molar-refractivity contribution in [2.45, 2.75) is 156 Å². The molecule has 2 aliphatic rings. The Morgan fingerprint density at radius 1 is 0.500 bits per heavy atom. The molecule has 60 heavy (non-hydrogen) atoms. The van der Waals surface area contributed by atoms with Crippen LogP contribution in [-0.2, 0) is 47.0 Å². The molecule has 2 fully saturated rings. The predicted octanol–water partition coefficient (Wildman–Crippen LogP) is 10.9. The van der Waals surface area contributed by atoms with Gasteiger partial charge in [-0.05, 0) is 82.4 Å². The summed E-state index contributed by atoms with van der Waals surface area (Å²) in [5.41, 5.74) is 12.9. The van der Waals surface area contributed by atoms with E-state index in [1.54, 1.807) is 23.3 Å². The number of rotatable bonds is 6. The van der Waals surface area contributed by atoms with Gasteiger partial charge in [0.1, 0.15) is 0 Å². The van der Waals surface area contributed by atoms with Crippen molar-refractivity contribution in [2.24, 2.45) is 10.8 Å². The predicted molar refractivity (Wildman–Crippen MR) is 255 cm³/mol. The minimum atomic E-state index is 0. The number of hydrogen-bond acceptors (Lipinski definition) is 0. The minimum absolute atomic E-state index is 0. The van der Waals surface area contributed by atoms with Gasteiger partial charge in [-0.3, -0.25) is 0 Å². The quantitative estimate of drug-likeness (QED) is 0.115. The average molecular weight is 935 g/mol. The van der Waals surface area contributed by atoms with Crippen LogP contribution in [-0.4, -0.2) is 5.43 Å². The van der Waals surface area contributed by atoms with Crippen LogP contribution in [0.1, 0.15) is 142 Å². The molecule has 0 atom stereocenters. The van der Waals surface area contributed by atoms with E-state index in [4.69, 9.17) is 0 Å². The van der Waals surface area contributed by atoms with Gasteiger partial charge in [-0.1, -0.05) is 166 Å². The van der Waals surface area contributed by atoms with E-state index in [-0.39, 0.29) is 41.1 Å². The number of benzene rings is 4. The van der Waals surface area contributed by atoms with Gasteiger partial charge in [0.15, 0.2) is 0 Å². The second-order valence-corrected chi connectivity index (χ2v) is 30.4. The first kappa shape index (κ1) is 50.4. The zero-order valence-corrected chi connectivity index (χ0v) is 43.6. The molecule has 0 aliphatic heterocycles. The van der Waals surface area contributed by atoms with Crippen LogP contribution in [0.2, 0.25) is 13.1 Å². The summed E-state index contributed by atoms with van der Waals surface area (Å²) in [6, 6.07) is 41.3. The van der Waals surface area contributed by atoms with Gasteiger partial charge >= 0.3 is 41.9 Å². The molecule has 2 aliphatic carbocycles. The summed E-state index contributed by atoms with van der Waals surface area (Å²) in [6.07, 6.45) is 16.4. The molecule has 2 saturated carbocycles. The molecule has 0 spiro atoms. The maximum atomic E-state index is 2.50. The van der Waals surface area contributed by atoms with E-state index in [1.165, 1.54) is 143 Å². The van der Waals surface area contributed by atoms with Crippen LogP contribution in [0.3, 0.4) is 0 Å². The van der Waals surface area contributed by atoms with Crippen LogP contribution in [0.25, 0.3) is 43.8 Å². The van der Waals surface area contributed by atoms with Crippen molar-refractivity contribution in [3.63, 3.8) is 0 Å². The van der Waals surface area contributed by atoms with E-state index < -0.39 is 0 Å². The molecule has 8 rings (SSSR count). The fraction of sp³-hybridized carbons (Fsp3) is 0.464. The zero-order chi connectivity index (χ0) is 41.7. The first-order chi connectivity index (χ1) is 27.4. The summed E-state index contributed by atoms with van der Waals surface area (Å²) in [6.45, 7) is 23.5. The van der Waals surface area contributed by atoms with Crippen LogP contribution < -0.4 is 24.8 Å². The standard InChI is InChI=1S/2C27H33.C2H6Si.2ClH.Zr/c2*1-26(2,3)25-14-7-6-12-23(25)22-13-10-11-21-17-20(18-24(21)22)19-27(4)15-8-5-9-16-27;1-3-2;;;/h2*6-7,10-14,17-18H,5,8-9,15-16,19H2,1-4H3;1-2H3;2*1H;/q2*-1;;;;+2/p-2. The third-order valence-electron chi connectivity index (χ3n) is 13.1. The van der Waals surface area contributed by atoms with Gasteiger partial charge in [0.25, 0.3) is 0 Å². The van der Waals surface area contributed by atoms with Crippen molar-refractivity contribution in [3.8, 4) is 22.3 Å². The SMILES string of the molecule is CC1(Cc2cc3c(-c4ccccc4C(C)(C)C)cccc3[cH-]2)CCCCC1.CC1(Cc2cc3c(-c4ccccc4C(C)(C)C)cccc3[cH-]2)CCCCC1.C[Si](C)=[Zr+2].[Cl-].[Cl-]. The second kappa shape index (κ2) is 21.4. The van der Waals surface area contributed by atoms with Gasteiger partial charge < -0.3 is 24.8 Å². The number of halogens is 2. The van der Waals surface area contributed by atoms with Gasteiger partial charge in [-0.2, -0.15) is 12.1 Å². The normalized spacial score (nSPS) is 16.1. The Morgan fingerprint density at radius 3 is 1.15 bits per heavy atom. The molecule has 0 heterocycles.